The molecule has 11 heavy (non-hydrogen) atoms. The molecule has 0 saturated heterocycles. The molecular formula is C9H18OSi. The van der Waals surface area contributed by atoms with E-state index in [4.69, 9.17) is 0 Å². The predicted octanol–water partition coefficient (Wildman–Crippen LogP) is 2.86. The number of ketones is 1. The van der Waals surface area contributed by atoms with E-state index in [0.717, 1.165) is 6.42 Å². The molecule has 64 valence electrons. The monoisotopic (exact) mass is 170 g/mol. The van der Waals surface area contributed by atoms with Gasteiger partial charge in [0.05, 0.1) is 0 Å². The zero-order valence-electron chi connectivity index (χ0n) is 7.81. The third kappa shape index (κ3) is 7.52. The van der Waals surface area contributed by atoms with Gasteiger partial charge in [-0.15, -0.1) is 0 Å². The van der Waals surface area contributed by atoms with Gasteiger partial charge in [-0.3, -0.25) is 4.79 Å². The topological polar surface area (TPSA) is 17.1 Å². The highest BCUT2D eigenvalue weighted by Gasteiger charge is 2.12. The molecule has 0 radical (unpaired) electrons. The highest BCUT2D eigenvalue weighted by molar-refractivity contribution is 6.76. The van der Waals surface area contributed by atoms with Gasteiger partial charge in [0.25, 0.3) is 0 Å². The van der Waals surface area contributed by atoms with E-state index in [-0.39, 0.29) is 5.78 Å². The Labute approximate surface area is 70.5 Å². The third-order valence-corrected chi connectivity index (χ3v) is 3.43. The van der Waals surface area contributed by atoms with Gasteiger partial charge in [-0.2, -0.15) is 0 Å². The maximum absolute atomic E-state index is 10.8. The summed E-state index contributed by atoms with van der Waals surface area (Å²) in [6, 6.07) is 1.24. The Morgan fingerprint density at radius 2 is 2.00 bits per heavy atom. The van der Waals surface area contributed by atoms with Crippen molar-refractivity contribution in [3.63, 3.8) is 0 Å². The first-order valence-corrected chi connectivity index (χ1v) is 7.82. The van der Waals surface area contributed by atoms with Crippen LogP contribution in [-0.2, 0) is 4.79 Å². The molecule has 0 N–H and O–H groups in total. The summed E-state index contributed by atoms with van der Waals surface area (Å²) in [6.45, 7) is 10.4. The van der Waals surface area contributed by atoms with Crippen LogP contribution in [0.2, 0.25) is 25.7 Å². The van der Waals surface area contributed by atoms with E-state index in [0.29, 0.717) is 6.42 Å². The van der Waals surface area contributed by atoms with Crippen molar-refractivity contribution in [3.05, 3.63) is 12.7 Å². The standard InChI is InChI=1S/C9H18OSi/c1-5-9(10)7-6-8-11(2,3)4/h5H,1,6-8H2,2-4H3. The van der Waals surface area contributed by atoms with Crippen LogP contribution in [0.1, 0.15) is 12.8 Å². The van der Waals surface area contributed by atoms with Crippen LogP contribution in [0, 0.1) is 0 Å². The van der Waals surface area contributed by atoms with Crippen LogP contribution >= 0.6 is 0 Å². The lowest BCUT2D eigenvalue weighted by atomic mass is 10.2. The van der Waals surface area contributed by atoms with Crippen LogP contribution in [0.5, 0.6) is 0 Å². The van der Waals surface area contributed by atoms with Gasteiger partial charge in [0, 0.05) is 14.5 Å². The van der Waals surface area contributed by atoms with Crippen molar-refractivity contribution in [2.45, 2.75) is 38.5 Å². The molecule has 0 aliphatic heterocycles. The molecule has 0 aromatic carbocycles. The Hall–Kier alpha value is -0.373. The molecule has 0 atom stereocenters. The van der Waals surface area contributed by atoms with Crippen molar-refractivity contribution in [1.29, 1.82) is 0 Å². The smallest absolute Gasteiger partial charge is 0.155 e. The SMILES string of the molecule is C=CC(=O)CCC[Si](C)(C)C. The summed E-state index contributed by atoms with van der Waals surface area (Å²) >= 11 is 0. The second kappa shape index (κ2) is 4.49. The minimum absolute atomic E-state index is 0.184. The van der Waals surface area contributed by atoms with E-state index in [1.54, 1.807) is 0 Å². The van der Waals surface area contributed by atoms with Crippen LogP contribution in [0.15, 0.2) is 12.7 Å². The van der Waals surface area contributed by atoms with Gasteiger partial charge in [-0.05, 0) is 12.5 Å². The molecule has 0 aliphatic rings. The fourth-order valence-electron chi connectivity index (χ4n) is 0.895. The van der Waals surface area contributed by atoms with Crippen molar-refractivity contribution < 1.29 is 4.79 Å². The summed E-state index contributed by atoms with van der Waals surface area (Å²) < 4.78 is 0. The van der Waals surface area contributed by atoms with Crippen LogP contribution in [0.4, 0.5) is 0 Å². The second-order valence-corrected chi connectivity index (χ2v) is 9.71. The van der Waals surface area contributed by atoms with E-state index in [9.17, 15) is 4.79 Å². The first kappa shape index (κ1) is 10.6. The maximum atomic E-state index is 10.8. The van der Waals surface area contributed by atoms with E-state index in [1.807, 2.05) is 0 Å². The lowest BCUT2D eigenvalue weighted by molar-refractivity contribution is -0.114. The molecule has 0 aliphatic carbocycles. The Kier molecular flexibility index (Phi) is 4.34. The van der Waals surface area contributed by atoms with Gasteiger partial charge in [-0.25, -0.2) is 0 Å². The zero-order valence-corrected chi connectivity index (χ0v) is 8.81. The molecular weight excluding hydrogens is 152 g/mol. The molecule has 0 heterocycles. The van der Waals surface area contributed by atoms with Crippen LogP contribution in [-0.4, -0.2) is 13.9 Å². The summed E-state index contributed by atoms with van der Waals surface area (Å²) in [4.78, 5) is 10.8. The molecule has 0 bridgehead atoms. The Bertz CT molecular complexity index is 144. The first-order valence-electron chi connectivity index (χ1n) is 4.11. The average Bonchev–Trinajstić information content (AvgIpc) is 1.85. The lowest BCUT2D eigenvalue weighted by Crippen LogP contribution is -2.18. The number of allylic oxidation sites excluding steroid dienone is 1. The molecule has 0 rings (SSSR count). The molecule has 0 unspecified atom stereocenters. The number of carbonyl (C=O) groups is 1. The summed E-state index contributed by atoms with van der Waals surface area (Å²) in [5.74, 6) is 0.184. The molecule has 2 heteroatoms. The zero-order chi connectivity index (χ0) is 8.91. The highest BCUT2D eigenvalue weighted by atomic mass is 28.3. The van der Waals surface area contributed by atoms with E-state index < -0.39 is 8.07 Å². The first-order chi connectivity index (χ1) is 4.95. The van der Waals surface area contributed by atoms with Crippen molar-refractivity contribution >= 4 is 13.9 Å². The fourth-order valence-corrected chi connectivity index (χ4v) is 2.13. The largest absolute Gasteiger partial charge is 0.295 e. The van der Waals surface area contributed by atoms with E-state index in [1.165, 1.54) is 12.1 Å². The van der Waals surface area contributed by atoms with Gasteiger partial charge in [0.15, 0.2) is 5.78 Å². The Morgan fingerprint density at radius 1 is 1.45 bits per heavy atom. The highest BCUT2D eigenvalue weighted by Crippen LogP contribution is 2.12. The average molecular weight is 170 g/mol. The summed E-state index contributed by atoms with van der Waals surface area (Å²) in [6.07, 6.45) is 3.15. The van der Waals surface area contributed by atoms with Crippen LogP contribution < -0.4 is 0 Å². The Balaban J connectivity index is 3.42. The molecule has 0 saturated carbocycles. The number of hydrogen-bond donors (Lipinski definition) is 0. The predicted molar refractivity (Wildman–Crippen MR) is 52.6 cm³/mol. The van der Waals surface area contributed by atoms with Gasteiger partial charge in [-0.1, -0.05) is 32.3 Å². The van der Waals surface area contributed by atoms with Crippen molar-refractivity contribution in [3.8, 4) is 0 Å². The summed E-state index contributed by atoms with van der Waals surface area (Å²) in [7, 11) is -0.923. The number of rotatable bonds is 5. The maximum Gasteiger partial charge on any atom is 0.155 e. The van der Waals surface area contributed by atoms with Crippen molar-refractivity contribution in [2.75, 3.05) is 0 Å². The molecule has 0 spiro atoms. The number of carbonyl (C=O) groups excluding carboxylic acids is 1. The normalized spacial score (nSPS) is 11.2. The van der Waals surface area contributed by atoms with Gasteiger partial charge >= 0.3 is 0 Å². The lowest BCUT2D eigenvalue weighted by Gasteiger charge is -2.14. The molecule has 0 aromatic rings. The minimum atomic E-state index is -0.923. The number of hydrogen-bond acceptors (Lipinski definition) is 1. The molecule has 0 fully saturated rings. The molecule has 0 amide bonds. The van der Waals surface area contributed by atoms with Crippen molar-refractivity contribution in [1.82, 2.24) is 0 Å². The van der Waals surface area contributed by atoms with E-state index >= 15 is 0 Å². The van der Waals surface area contributed by atoms with Crippen molar-refractivity contribution in [2.24, 2.45) is 0 Å². The molecule has 0 aromatic heterocycles. The van der Waals surface area contributed by atoms with Gasteiger partial charge in [0.1, 0.15) is 0 Å². The summed E-state index contributed by atoms with van der Waals surface area (Å²) in [5.41, 5.74) is 0. The summed E-state index contributed by atoms with van der Waals surface area (Å²) in [5, 5.41) is 0. The van der Waals surface area contributed by atoms with Crippen LogP contribution in [0.3, 0.4) is 0 Å². The minimum Gasteiger partial charge on any atom is -0.295 e. The second-order valence-electron chi connectivity index (χ2n) is 4.08. The third-order valence-electron chi connectivity index (χ3n) is 1.58. The van der Waals surface area contributed by atoms with E-state index in [2.05, 4.69) is 26.2 Å². The fraction of sp³-hybridized carbons (Fsp3) is 0.667. The Morgan fingerprint density at radius 3 is 2.36 bits per heavy atom. The van der Waals surface area contributed by atoms with Gasteiger partial charge in [0.2, 0.25) is 0 Å². The quantitative estimate of drug-likeness (QED) is 0.458. The molecule has 1 nitrogen and oxygen atoms in total. The van der Waals surface area contributed by atoms with Gasteiger partial charge < -0.3 is 0 Å². The van der Waals surface area contributed by atoms with Crippen LogP contribution in [0.25, 0.3) is 0 Å².